The van der Waals surface area contributed by atoms with Gasteiger partial charge in [0.2, 0.25) is 0 Å². The Morgan fingerprint density at radius 2 is 2.14 bits per heavy atom. The van der Waals surface area contributed by atoms with E-state index >= 15 is 0 Å². The molecule has 0 radical (unpaired) electrons. The molecule has 1 aromatic rings. The number of nitrogens with one attached hydrogen (secondary N) is 1. The molecule has 0 aromatic carbocycles. The van der Waals surface area contributed by atoms with Crippen LogP contribution < -0.4 is 10.2 Å². The van der Waals surface area contributed by atoms with Crippen LogP contribution in [0.2, 0.25) is 5.02 Å². The number of halogens is 1. The minimum atomic E-state index is -0.532. The van der Waals surface area contributed by atoms with Gasteiger partial charge in [-0.1, -0.05) is 11.6 Å². The minimum Gasteiger partial charge on any atom is -0.352 e. The van der Waals surface area contributed by atoms with Gasteiger partial charge < -0.3 is 15.1 Å². The van der Waals surface area contributed by atoms with Gasteiger partial charge in [-0.3, -0.25) is 10.1 Å². The molecule has 8 nitrogen and oxygen atoms in total. The van der Waals surface area contributed by atoms with Gasteiger partial charge >= 0.3 is 6.03 Å². The van der Waals surface area contributed by atoms with E-state index in [-0.39, 0.29) is 16.7 Å². The summed E-state index contributed by atoms with van der Waals surface area (Å²) in [7, 11) is 0. The topological polar surface area (TPSA) is 91.6 Å². The molecule has 2 rings (SSSR count). The van der Waals surface area contributed by atoms with E-state index in [2.05, 4.69) is 10.3 Å². The lowest BCUT2D eigenvalue weighted by Gasteiger charge is -2.35. The number of anilines is 1. The number of amides is 2. The first-order chi connectivity index (χ1) is 10.0. The number of carbonyl (C=O) groups is 1. The molecule has 1 fully saturated rings. The molecular formula is C12H16ClN5O3. The molecule has 1 aliphatic heterocycles. The first-order valence-corrected chi connectivity index (χ1v) is 6.98. The normalized spacial score (nSPS) is 15.0. The molecule has 2 amide bonds. The van der Waals surface area contributed by atoms with Crippen molar-refractivity contribution in [3.63, 3.8) is 0 Å². The van der Waals surface area contributed by atoms with Gasteiger partial charge in [0.15, 0.2) is 0 Å². The summed E-state index contributed by atoms with van der Waals surface area (Å²) in [6, 6.07) is 1.21. The summed E-state index contributed by atoms with van der Waals surface area (Å²) in [5, 5.41) is 13.7. The maximum absolute atomic E-state index is 11.7. The van der Waals surface area contributed by atoms with E-state index < -0.39 is 4.92 Å². The SMILES string of the molecule is CCNC(=O)N1CCN(c2ncc([N+](=O)[O-])cc2Cl)CC1. The Bertz CT molecular complexity index is 546. The van der Waals surface area contributed by atoms with Crippen molar-refractivity contribution in [2.45, 2.75) is 6.92 Å². The highest BCUT2D eigenvalue weighted by atomic mass is 35.5. The molecule has 0 spiro atoms. The van der Waals surface area contributed by atoms with E-state index in [0.717, 1.165) is 0 Å². The predicted octanol–water partition coefficient (Wildman–Crippen LogP) is 1.49. The fourth-order valence-electron chi connectivity index (χ4n) is 2.14. The largest absolute Gasteiger partial charge is 0.352 e. The fraction of sp³-hybridized carbons (Fsp3) is 0.500. The van der Waals surface area contributed by atoms with Gasteiger partial charge in [0, 0.05) is 38.8 Å². The van der Waals surface area contributed by atoms with Crippen molar-refractivity contribution in [3.05, 3.63) is 27.4 Å². The lowest BCUT2D eigenvalue weighted by atomic mass is 10.3. The van der Waals surface area contributed by atoms with Crippen molar-refractivity contribution >= 4 is 29.1 Å². The second kappa shape index (κ2) is 6.57. The molecular weight excluding hydrogens is 298 g/mol. The Morgan fingerprint density at radius 1 is 1.48 bits per heavy atom. The van der Waals surface area contributed by atoms with Gasteiger partial charge in [0.25, 0.3) is 5.69 Å². The molecule has 0 atom stereocenters. The van der Waals surface area contributed by atoms with E-state index in [1.54, 1.807) is 4.90 Å². The number of nitrogens with zero attached hydrogens (tertiary/aromatic N) is 4. The Hall–Kier alpha value is -2.09. The average molecular weight is 314 g/mol. The van der Waals surface area contributed by atoms with E-state index in [9.17, 15) is 14.9 Å². The predicted molar refractivity (Wildman–Crippen MR) is 78.8 cm³/mol. The number of aromatic nitrogens is 1. The summed E-state index contributed by atoms with van der Waals surface area (Å²) < 4.78 is 0. The van der Waals surface area contributed by atoms with Gasteiger partial charge in [0.05, 0.1) is 9.95 Å². The number of pyridine rings is 1. The third kappa shape index (κ3) is 3.52. The summed E-state index contributed by atoms with van der Waals surface area (Å²) in [6.07, 6.45) is 1.19. The molecule has 1 aliphatic rings. The van der Waals surface area contributed by atoms with Crippen LogP contribution in [0.3, 0.4) is 0 Å². The zero-order chi connectivity index (χ0) is 15.4. The first kappa shape index (κ1) is 15.3. The van der Waals surface area contributed by atoms with Gasteiger partial charge in [-0.25, -0.2) is 9.78 Å². The van der Waals surface area contributed by atoms with Gasteiger partial charge in [-0.05, 0) is 6.92 Å². The molecule has 2 heterocycles. The fourth-order valence-corrected chi connectivity index (χ4v) is 2.42. The van der Waals surface area contributed by atoms with Crippen molar-refractivity contribution in [2.75, 3.05) is 37.6 Å². The number of hydrogen-bond donors (Lipinski definition) is 1. The summed E-state index contributed by atoms with van der Waals surface area (Å²) in [4.78, 5) is 29.5. The van der Waals surface area contributed by atoms with Crippen molar-refractivity contribution in [2.24, 2.45) is 0 Å². The van der Waals surface area contributed by atoms with Crippen molar-refractivity contribution in [1.82, 2.24) is 15.2 Å². The quantitative estimate of drug-likeness (QED) is 0.674. The Morgan fingerprint density at radius 3 is 2.67 bits per heavy atom. The van der Waals surface area contributed by atoms with E-state index in [0.29, 0.717) is 38.5 Å². The van der Waals surface area contributed by atoms with Crippen molar-refractivity contribution in [1.29, 1.82) is 0 Å². The van der Waals surface area contributed by atoms with Crippen LogP contribution in [-0.4, -0.2) is 53.6 Å². The highest BCUT2D eigenvalue weighted by Gasteiger charge is 2.23. The maximum Gasteiger partial charge on any atom is 0.317 e. The van der Waals surface area contributed by atoms with E-state index in [1.165, 1.54) is 12.3 Å². The molecule has 0 bridgehead atoms. The lowest BCUT2D eigenvalue weighted by Crippen LogP contribution is -2.52. The summed E-state index contributed by atoms with van der Waals surface area (Å²) in [6.45, 7) is 4.74. The van der Waals surface area contributed by atoms with Crippen molar-refractivity contribution in [3.8, 4) is 0 Å². The summed E-state index contributed by atoms with van der Waals surface area (Å²) in [5.41, 5.74) is -0.135. The highest BCUT2D eigenvalue weighted by molar-refractivity contribution is 6.33. The van der Waals surface area contributed by atoms with Crippen LogP contribution in [-0.2, 0) is 0 Å². The zero-order valence-corrected chi connectivity index (χ0v) is 12.3. The molecule has 1 N–H and O–H groups in total. The van der Waals surface area contributed by atoms with Crippen LogP contribution in [0, 0.1) is 10.1 Å². The van der Waals surface area contributed by atoms with Crippen LogP contribution in [0.25, 0.3) is 0 Å². The van der Waals surface area contributed by atoms with E-state index in [4.69, 9.17) is 11.6 Å². The lowest BCUT2D eigenvalue weighted by molar-refractivity contribution is -0.385. The molecule has 0 aliphatic carbocycles. The monoisotopic (exact) mass is 313 g/mol. The van der Waals surface area contributed by atoms with Crippen LogP contribution in [0.4, 0.5) is 16.3 Å². The number of piperazine rings is 1. The van der Waals surface area contributed by atoms with Crippen LogP contribution in [0.1, 0.15) is 6.92 Å². The molecule has 21 heavy (non-hydrogen) atoms. The van der Waals surface area contributed by atoms with Crippen LogP contribution in [0.5, 0.6) is 0 Å². The van der Waals surface area contributed by atoms with Gasteiger partial charge in [0.1, 0.15) is 12.0 Å². The molecule has 0 unspecified atom stereocenters. The van der Waals surface area contributed by atoms with Crippen LogP contribution in [0.15, 0.2) is 12.3 Å². The Labute approximate surface area is 126 Å². The summed E-state index contributed by atoms with van der Waals surface area (Å²) >= 11 is 6.05. The second-order valence-electron chi connectivity index (χ2n) is 4.57. The van der Waals surface area contributed by atoms with E-state index in [1.807, 2.05) is 11.8 Å². The Balaban J connectivity index is 2.02. The second-order valence-corrected chi connectivity index (χ2v) is 4.97. The molecule has 1 saturated heterocycles. The van der Waals surface area contributed by atoms with Crippen LogP contribution >= 0.6 is 11.6 Å². The number of urea groups is 1. The number of rotatable bonds is 3. The number of hydrogen-bond acceptors (Lipinski definition) is 5. The average Bonchev–Trinajstić information content (AvgIpc) is 2.47. The zero-order valence-electron chi connectivity index (χ0n) is 11.6. The van der Waals surface area contributed by atoms with Gasteiger partial charge in [-0.15, -0.1) is 0 Å². The molecule has 1 aromatic heterocycles. The Kier molecular flexibility index (Phi) is 4.79. The number of carbonyl (C=O) groups excluding carboxylic acids is 1. The minimum absolute atomic E-state index is 0.0834. The molecule has 114 valence electrons. The summed E-state index contributed by atoms with van der Waals surface area (Å²) in [5.74, 6) is 0.512. The first-order valence-electron chi connectivity index (χ1n) is 6.60. The number of nitro groups is 1. The standard InChI is InChI=1S/C12H16ClN5O3/c1-2-14-12(19)17-5-3-16(4-6-17)11-10(13)7-9(8-15-11)18(20)21/h7-8H,2-6H2,1H3,(H,14,19). The highest BCUT2D eigenvalue weighted by Crippen LogP contribution is 2.27. The third-order valence-corrected chi connectivity index (χ3v) is 3.49. The van der Waals surface area contributed by atoms with Gasteiger partial charge in [-0.2, -0.15) is 0 Å². The maximum atomic E-state index is 11.7. The third-order valence-electron chi connectivity index (χ3n) is 3.21. The molecule has 0 saturated carbocycles. The molecule has 9 heteroatoms. The smallest absolute Gasteiger partial charge is 0.317 e. The van der Waals surface area contributed by atoms with Crippen molar-refractivity contribution < 1.29 is 9.72 Å².